The number of carboxylic acid groups (broad SMARTS) is 1. The highest BCUT2D eigenvalue weighted by Gasteiger charge is 2.41. The summed E-state index contributed by atoms with van der Waals surface area (Å²) in [6.45, 7) is 0.601. The summed E-state index contributed by atoms with van der Waals surface area (Å²) < 4.78 is 51.7. The molecule has 1 saturated heterocycles. The zero-order valence-corrected chi connectivity index (χ0v) is 11.2. The Kier molecular flexibility index (Phi) is 4.51. The van der Waals surface area contributed by atoms with Gasteiger partial charge in [0, 0.05) is 13.1 Å². The summed E-state index contributed by atoms with van der Waals surface area (Å²) >= 11 is 0. The van der Waals surface area contributed by atoms with Gasteiger partial charge in [-0.15, -0.1) is 0 Å². The standard InChI is InChI=1S/C14H15F4NO2/c15-12-6-9(3-4-11(12)13(20)21)7-19-5-1-2-10(8-19)14(16,17)18/h3-4,6,10H,1-2,5,7-8H2,(H,20,21). The molecular formula is C14H15F4NO2. The Morgan fingerprint density at radius 2 is 2.10 bits per heavy atom. The van der Waals surface area contributed by atoms with Crippen LogP contribution in [0.4, 0.5) is 17.6 Å². The number of halogens is 4. The van der Waals surface area contributed by atoms with Gasteiger partial charge in [-0.05, 0) is 37.1 Å². The number of likely N-dealkylation sites (tertiary alicyclic amines) is 1. The monoisotopic (exact) mass is 305 g/mol. The maximum absolute atomic E-state index is 13.5. The zero-order valence-electron chi connectivity index (χ0n) is 11.2. The van der Waals surface area contributed by atoms with Crippen molar-refractivity contribution in [2.24, 2.45) is 5.92 Å². The van der Waals surface area contributed by atoms with Crippen molar-refractivity contribution >= 4 is 5.97 Å². The number of carboxylic acids is 1. The average molecular weight is 305 g/mol. The smallest absolute Gasteiger partial charge is 0.393 e. The molecule has 1 heterocycles. The molecule has 0 spiro atoms. The molecule has 21 heavy (non-hydrogen) atoms. The molecule has 0 aliphatic carbocycles. The van der Waals surface area contributed by atoms with Crippen molar-refractivity contribution in [1.29, 1.82) is 0 Å². The predicted molar refractivity (Wildman–Crippen MR) is 67.4 cm³/mol. The molecule has 116 valence electrons. The Balaban J connectivity index is 2.05. The van der Waals surface area contributed by atoms with Crippen molar-refractivity contribution in [2.75, 3.05) is 13.1 Å². The van der Waals surface area contributed by atoms with Gasteiger partial charge in [0.2, 0.25) is 0 Å². The lowest BCUT2D eigenvalue weighted by Crippen LogP contribution is -2.41. The van der Waals surface area contributed by atoms with Crippen molar-refractivity contribution in [3.05, 3.63) is 35.1 Å². The van der Waals surface area contributed by atoms with Crippen LogP contribution in [0.2, 0.25) is 0 Å². The first-order valence-electron chi connectivity index (χ1n) is 6.58. The maximum atomic E-state index is 13.5. The number of alkyl halides is 3. The molecule has 2 rings (SSSR count). The Morgan fingerprint density at radius 3 is 2.67 bits per heavy atom. The lowest BCUT2D eigenvalue weighted by Gasteiger charge is -2.33. The minimum Gasteiger partial charge on any atom is -0.478 e. The molecule has 0 radical (unpaired) electrons. The number of rotatable bonds is 3. The highest BCUT2D eigenvalue weighted by atomic mass is 19.4. The molecular weight excluding hydrogens is 290 g/mol. The molecule has 1 aliphatic heterocycles. The highest BCUT2D eigenvalue weighted by molar-refractivity contribution is 5.87. The molecule has 0 bridgehead atoms. The lowest BCUT2D eigenvalue weighted by atomic mass is 9.97. The van der Waals surface area contributed by atoms with Crippen LogP contribution in [0.1, 0.15) is 28.8 Å². The second-order valence-corrected chi connectivity index (χ2v) is 5.24. The first kappa shape index (κ1) is 15.8. The molecule has 1 N–H and O–H groups in total. The second kappa shape index (κ2) is 6.01. The van der Waals surface area contributed by atoms with E-state index in [0.717, 1.165) is 12.1 Å². The summed E-state index contributed by atoms with van der Waals surface area (Å²) in [5.74, 6) is -3.59. The van der Waals surface area contributed by atoms with E-state index in [1.165, 1.54) is 6.07 Å². The quantitative estimate of drug-likeness (QED) is 0.871. The van der Waals surface area contributed by atoms with Gasteiger partial charge in [-0.2, -0.15) is 13.2 Å². The first-order chi connectivity index (χ1) is 9.77. The molecule has 1 aromatic carbocycles. The summed E-state index contributed by atoms with van der Waals surface area (Å²) in [5, 5.41) is 8.73. The summed E-state index contributed by atoms with van der Waals surface area (Å²) in [4.78, 5) is 12.3. The summed E-state index contributed by atoms with van der Waals surface area (Å²) in [6.07, 6.45) is -3.65. The van der Waals surface area contributed by atoms with E-state index in [9.17, 15) is 22.4 Å². The minimum absolute atomic E-state index is 0.105. The third-order valence-corrected chi connectivity index (χ3v) is 3.64. The van der Waals surface area contributed by atoms with Crippen LogP contribution in [0, 0.1) is 11.7 Å². The van der Waals surface area contributed by atoms with E-state index in [-0.39, 0.29) is 19.5 Å². The van der Waals surface area contributed by atoms with Crippen LogP contribution in [-0.2, 0) is 6.54 Å². The van der Waals surface area contributed by atoms with Crippen molar-refractivity contribution in [2.45, 2.75) is 25.6 Å². The highest BCUT2D eigenvalue weighted by Crippen LogP contribution is 2.33. The van der Waals surface area contributed by atoms with Gasteiger partial charge in [0.15, 0.2) is 0 Å². The second-order valence-electron chi connectivity index (χ2n) is 5.24. The van der Waals surface area contributed by atoms with Gasteiger partial charge in [-0.3, -0.25) is 4.90 Å². The van der Waals surface area contributed by atoms with Crippen LogP contribution < -0.4 is 0 Å². The molecule has 1 aromatic rings. The number of aromatic carboxylic acids is 1. The van der Waals surface area contributed by atoms with E-state index < -0.39 is 29.4 Å². The summed E-state index contributed by atoms with van der Waals surface area (Å²) in [5.41, 5.74) is 0.0332. The topological polar surface area (TPSA) is 40.5 Å². The number of nitrogens with zero attached hydrogens (tertiary/aromatic N) is 1. The van der Waals surface area contributed by atoms with Gasteiger partial charge < -0.3 is 5.11 Å². The van der Waals surface area contributed by atoms with Gasteiger partial charge in [-0.1, -0.05) is 6.07 Å². The van der Waals surface area contributed by atoms with Gasteiger partial charge in [0.25, 0.3) is 0 Å². The molecule has 1 unspecified atom stereocenters. The van der Waals surface area contributed by atoms with Crippen molar-refractivity contribution < 1.29 is 27.5 Å². The fourth-order valence-corrected chi connectivity index (χ4v) is 2.55. The fraction of sp³-hybridized carbons (Fsp3) is 0.500. The fourth-order valence-electron chi connectivity index (χ4n) is 2.55. The molecule has 1 fully saturated rings. The largest absolute Gasteiger partial charge is 0.478 e. The number of carbonyl (C=O) groups is 1. The van der Waals surface area contributed by atoms with Crippen LogP contribution in [0.15, 0.2) is 18.2 Å². The SMILES string of the molecule is O=C(O)c1ccc(CN2CCCC(C(F)(F)F)C2)cc1F. The van der Waals surface area contributed by atoms with Crippen LogP contribution in [0.5, 0.6) is 0 Å². The first-order valence-corrected chi connectivity index (χ1v) is 6.58. The normalized spacial score (nSPS) is 20.5. The Bertz CT molecular complexity index is 530. The maximum Gasteiger partial charge on any atom is 0.393 e. The Hall–Kier alpha value is -1.63. The van der Waals surface area contributed by atoms with Gasteiger partial charge in [0.05, 0.1) is 11.5 Å². The van der Waals surface area contributed by atoms with E-state index in [2.05, 4.69) is 0 Å². The predicted octanol–water partition coefficient (Wildman–Crippen LogP) is 3.30. The number of hydrogen-bond acceptors (Lipinski definition) is 2. The molecule has 3 nitrogen and oxygen atoms in total. The van der Waals surface area contributed by atoms with Crippen molar-refractivity contribution in [3.8, 4) is 0 Å². The lowest BCUT2D eigenvalue weighted by molar-refractivity contribution is -0.187. The van der Waals surface area contributed by atoms with Crippen LogP contribution in [0.3, 0.4) is 0 Å². The van der Waals surface area contributed by atoms with Gasteiger partial charge in [-0.25, -0.2) is 9.18 Å². The van der Waals surface area contributed by atoms with E-state index in [4.69, 9.17) is 5.11 Å². The number of hydrogen-bond donors (Lipinski definition) is 1. The minimum atomic E-state index is -4.21. The van der Waals surface area contributed by atoms with Crippen LogP contribution in [-0.4, -0.2) is 35.2 Å². The third-order valence-electron chi connectivity index (χ3n) is 3.64. The number of piperidine rings is 1. The van der Waals surface area contributed by atoms with Crippen molar-refractivity contribution in [1.82, 2.24) is 4.90 Å². The van der Waals surface area contributed by atoms with Crippen molar-refractivity contribution in [3.63, 3.8) is 0 Å². The van der Waals surface area contributed by atoms with Crippen LogP contribution in [0.25, 0.3) is 0 Å². The Morgan fingerprint density at radius 1 is 1.38 bits per heavy atom. The average Bonchev–Trinajstić information content (AvgIpc) is 2.37. The molecule has 1 aliphatic rings. The summed E-state index contributed by atoms with van der Waals surface area (Å²) in [6, 6.07) is 3.64. The zero-order chi connectivity index (χ0) is 15.6. The molecule has 7 heteroatoms. The van der Waals surface area contributed by atoms with E-state index in [1.807, 2.05) is 0 Å². The molecule has 0 aromatic heterocycles. The van der Waals surface area contributed by atoms with E-state index in [0.29, 0.717) is 18.5 Å². The Labute approximate surface area is 119 Å². The number of benzene rings is 1. The summed E-state index contributed by atoms with van der Waals surface area (Å²) in [7, 11) is 0. The van der Waals surface area contributed by atoms with E-state index >= 15 is 0 Å². The molecule has 0 saturated carbocycles. The van der Waals surface area contributed by atoms with Crippen LogP contribution >= 0.6 is 0 Å². The third kappa shape index (κ3) is 3.93. The van der Waals surface area contributed by atoms with Gasteiger partial charge in [0.1, 0.15) is 5.82 Å². The molecule has 1 atom stereocenters. The van der Waals surface area contributed by atoms with Gasteiger partial charge >= 0.3 is 12.1 Å². The molecule has 0 amide bonds. The van der Waals surface area contributed by atoms with E-state index in [1.54, 1.807) is 4.90 Å².